The molecule has 26 heavy (non-hydrogen) atoms. The smallest absolute Gasteiger partial charge is 0.251 e. The van der Waals surface area contributed by atoms with Crippen molar-refractivity contribution in [2.75, 3.05) is 39.3 Å². The molecule has 0 saturated carbocycles. The monoisotopic (exact) mass is 356 g/mol. The first-order valence-electron chi connectivity index (χ1n) is 8.55. The molecule has 1 heterocycles. The van der Waals surface area contributed by atoms with Gasteiger partial charge < -0.3 is 24.8 Å². The molecule has 1 aliphatic rings. The van der Waals surface area contributed by atoms with Crippen LogP contribution in [0.1, 0.15) is 27.6 Å². The number of aliphatic hydroxyl groups is 1. The van der Waals surface area contributed by atoms with E-state index in [0.717, 1.165) is 18.5 Å². The fourth-order valence-corrected chi connectivity index (χ4v) is 3.14. The summed E-state index contributed by atoms with van der Waals surface area (Å²) in [5.74, 6) is 0.790. The number of benzene rings is 2. The highest BCUT2D eigenvalue weighted by molar-refractivity contribution is 5.95. The van der Waals surface area contributed by atoms with Crippen molar-refractivity contribution < 1.29 is 19.4 Å². The maximum atomic E-state index is 12.4. The van der Waals surface area contributed by atoms with Gasteiger partial charge in [-0.3, -0.25) is 4.79 Å². The maximum absolute atomic E-state index is 12.4. The van der Waals surface area contributed by atoms with Crippen LogP contribution in [0.3, 0.4) is 0 Å². The van der Waals surface area contributed by atoms with E-state index in [1.165, 1.54) is 25.5 Å². The molecule has 0 bridgehead atoms. The van der Waals surface area contributed by atoms with E-state index in [-0.39, 0.29) is 12.5 Å². The maximum Gasteiger partial charge on any atom is 0.251 e. The molecule has 1 amide bonds. The molecule has 3 rings (SSSR count). The molecule has 0 aliphatic carbocycles. The predicted molar refractivity (Wildman–Crippen MR) is 100 cm³/mol. The average Bonchev–Trinajstić information content (AvgIpc) is 3.05. The summed E-state index contributed by atoms with van der Waals surface area (Å²) in [6.45, 7) is 1.12. The van der Waals surface area contributed by atoms with E-state index >= 15 is 0 Å². The molecule has 0 aromatic heterocycles. The number of anilines is 1. The molecule has 1 unspecified atom stereocenters. The van der Waals surface area contributed by atoms with Crippen LogP contribution >= 0.6 is 0 Å². The van der Waals surface area contributed by atoms with Gasteiger partial charge in [0, 0.05) is 37.5 Å². The number of fused-ring (bicyclic) bond motifs is 1. The Hall–Kier alpha value is -2.73. The molecule has 0 radical (unpaired) electrons. The number of aliphatic hydroxyl groups excluding tert-OH is 1. The lowest BCUT2D eigenvalue weighted by Crippen LogP contribution is -2.28. The quantitative estimate of drug-likeness (QED) is 0.830. The van der Waals surface area contributed by atoms with Gasteiger partial charge in [-0.2, -0.15) is 0 Å². The van der Waals surface area contributed by atoms with Crippen molar-refractivity contribution in [3.63, 3.8) is 0 Å². The third-order valence-electron chi connectivity index (χ3n) is 4.69. The van der Waals surface area contributed by atoms with E-state index in [4.69, 9.17) is 9.47 Å². The molecule has 0 fully saturated rings. The Morgan fingerprint density at radius 1 is 1.19 bits per heavy atom. The Balaban J connectivity index is 1.66. The molecule has 0 spiro atoms. The van der Waals surface area contributed by atoms with Gasteiger partial charge in [0.25, 0.3) is 5.91 Å². The number of carbonyl (C=O) groups is 1. The molecule has 2 aromatic rings. The van der Waals surface area contributed by atoms with Crippen LogP contribution in [0.15, 0.2) is 36.4 Å². The first kappa shape index (κ1) is 18.1. The topological polar surface area (TPSA) is 71.0 Å². The number of nitrogens with one attached hydrogen (secondary N) is 1. The van der Waals surface area contributed by atoms with E-state index in [1.807, 2.05) is 18.2 Å². The lowest BCUT2D eigenvalue weighted by atomic mass is 10.0. The molecule has 6 nitrogen and oxygen atoms in total. The minimum atomic E-state index is -0.761. The van der Waals surface area contributed by atoms with Crippen LogP contribution in [0, 0.1) is 0 Å². The fraction of sp³-hybridized carbons (Fsp3) is 0.350. The highest BCUT2D eigenvalue weighted by Crippen LogP contribution is 2.29. The zero-order valence-corrected chi connectivity index (χ0v) is 15.3. The van der Waals surface area contributed by atoms with Crippen LogP contribution in [-0.4, -0.2) is 45.4 Å². The minimum absolute atomic E-state index is 0.132. The van der Waals surface area contributed by atoms with Crippen molar-refractivity contribution in [2.24, 2.45) is 0 Å². The normalized spacial score (nSPS) is 13.9. The number of methoxy groups -OCH3 is 2. The van der Waals surface area contributed by atoms with Crippen molar-refractivity contribution in [1.29, 1.82) is 0 Å². The second-order valence-corrected chi connectivity index (χ2v) is 6.39. The number of likely N-dealkylation sites (N-methyl/N-ethyl adjacent to an activating group) is 1. The van der Waals surface area contributed by atoms with E-state index in [1.54, 1.807) is 18.2 Å². The van der Waals surface area contributed by atoms with Crippen LogP contribution in [0.4, 0.5) is 5.69 Å². The third kappa shape index (κ3) is 3.75. The highest BCUT2D eigenvalue weighted by Gasteiger charge is 2.18. The molecule has 6 heteroatoms. The number of amides is 1. The van der Waals surface area contributed by atoms with E-state index < -0.39 is 6.10 Å². The first-order valence-corrected chi connectivity index (χ1v) is 8.55. The van der Waals surface area contributed by atoms with E-state index in [0.29, 0.717) is 17.1 Å². The van der Waals surface area contributed by atoms with Crippen LogP contribution in [0.2, 0.25) is 0 Å². The third-order valence-corrected chi connectivity index (χ3v) is 4.69. The first-order chi connectivity index (χ1) is 12.5. The second-order valence-electron chi connectivity index (χ2n) is 6.39. The van der Waals surface area contributed by atoms with Gasteiger partial charge in [-0.25, -0.2) is 0 Å². The summed E-state index contributed by atoms with van der Waals surface area (Å²) < 4.78 is 10.4. The van der Waals surface area contributed by atoms with E-state index in [2.05, 4.69) is 17.3 Å². The summed E-state index contributed by atoms with van der Waals surface area (Å²) in [5, 5.41) is 13.2. The van der Waals surface area contributed by atoms with E-state index in [9.17, 15) is 9.90 Å². The van der Waals surface area contributed by atoms with Gasteiger partial charge >= 0.3 is 0 Å². The highest BCUT2D eigenvalue weighted by atomic mass is 16.5. The lowest BCUT2D eigenvalue weighted by molar-refractivity contribution is 0.0915. The summed E-state index contributed by atoms with van der Waals surface area (Å²) in [7, 11) is 5.13. The second kappa shape index (κ2) is 7.66. The zero-order valence-electron chi connectivity index (χ0n) is 15.3. The summed E-state index contributed by atoms with van der Waals surface area (Å²) in [6.07, 6.45) is 0.213. The summed E-state index contributed by atoms with van der Waals surface area (Å²) >= 11 is 0. The minimum Gasteiger partial charge on any atom is -0.497 e. The Morgan fingerprint density at radius 3 is 2.54 bits per heavy atom. The number of rotatable bonds is 6. The molecular formula is C20H24N2O4. The van der Waals surface area contributed by atoms with Crippen LogP contribution in [-0.2, 0) is 6.42 Å². The molecule has 2 aromatic carbocycles. The fourth-order valence-electron chi connectivity index (χ4n) is 3.14. The van der Waals surface area contributed by atoms with Crippen molar-refractivity contribution in [1.82, 2.24) is 5.32 Å². The molecule has 1 aliphatic heterocycles. The van der Waals surface area contributed by atoms with Gasteiger partial charge in [0.05, 0.1) is 20.3 Å². The molecule has 138 valence electrons. The standard InChI is InChI=1S/C20H24N2O4/c1-22-7-6-13-8-14(4-5-18(13)22)19(23)12-21-20(24)15-9-16(25-2)11-17(10-15)26-3/h4-5,8-11,19,23H,6-7,12H2,1-3H3,(H,21,24). The van der Waals surface area contributed by atoms with Gasteiger partial charge in [-0.1, -0.05) is 12.1 Å². The Labute approximate surface area is 153 Å². The summed E-state index contributed by atoms with van der Waals surface area (Å²) in [4.78, 5) is 14.6. The van der Waals surface area contributed by atoms with Gasteiger partial charge in [-0.05, 0) is 35.7 Å². The van der Waals surface area contributed by atoms with Crippen LogP contribution in [0.5, 0.6) is 11.5 Å². The number of nitrogens with zero attached hydrogens (tertiary/aromatic N) is 1. The largest absolute Gasteiger partial charge is 0.497 e. The molecular weight excluding hydrogens is 332 g/mol. The number of carbonyl (C=O) groups excluding carboxylic acids is 1. The Bertz CT molecular complexity index is 784. The van der Waals surface area contributed by atoms with Gasteiger partial charge in [-0.15, -0.1) is 0 Å². The summed E-state index contributed by atoms with van der Waals surface area (Å²) in [5.41, 5.74) is 3.66. The predicted octanol–water partition coefficient (Wildman–Crippen LogP) is 2.16. The van der Waals surface area contributed by atoms with Crippen molar-refractivity contribution >= 4 is 11.6 Å². The summed E-state index contributed by atoms with van der Waals surface area (Å²) in [6, 6.07) is 10.9. The Kier molecular flexibility index (Phi) is 5.32. The molecule has 1 atom stereocenters. The number of hydrogen-bond donors (Lipinski definition) is 2. The van der Waals surface area contributed by atoms with Crippen LogP contribution in [0.25, 0.3) is 0 Å². The zero-order chi connectivity index (χ0) is 18.7. The Morgan fingerprint density at radius 2 is 1.88 bits per heavy atom. The molecule has 2 N–H and O–H groups in total. The average molecular weight is 356 g/mol. The molecule has 0 saturated heterocycles. The van der Waals surface area contributed by atoms with Gasteiger partial charge in [0.1, 0.15) is 11.5 Å². The number of hydrogen-bond acceptors (Lipinski definition) is 5. The number of ether oxygens (including phenoxy) is 2. The van der Waals surface area contributed by atoms with Gasteiger partial charge in [0.2, 0.25) is 0 Å². The van der Waals surface area contributed by atoms with Gasteiger partial charge in [0.15, 0.2) is 0 Å². The SMILES string of the molecule is COc1cc(OC)cc(C(=O)NCC(O)c2ccc3c(c2)CCN3C)c1. The van der Waals surface area contributed by atoms with Crippen molar-refractivity contribution in [3.8, 4) is 11.5 Å². The lowest BCUT2D eigenvalue weighted by Gasteiger charge is -2.16. The van der Waals surface area contributed by atoms with Crippen molar-refractivity contribution in [3.05, 3.63) is 53.1 Å². The van der Waals surface area contributed by atoms with Crippen molar-refractivity contribution in [2.45, 2.75) is 12.5 Å². The van der Waals surface area contributed by atoms with Crippen LogP contribution < -0.4 is 19.7 Å².